The summed E-state index contributed by atoms with van der Waals surface area (Å²) in [5.74, 6) is -1.83. The minimum atomic E-state index is -5.34. The highest BCUT2D eigenvalue weighted by Crippen LogP contribution is 2.46. The van der Waals surface area contributed by atoms with Gasteiger partial charge in [-0.15, -0.1) is 5.10 Å². The van der Waals surface area contributed by atoms with Crippen LogP contribution in [0.15, 0.2) is 42.6 Å². The van der Waals surface area contributed by atoms with E-state index in [1.165, 1.54) is 4.68 Å². The number of aliphatic hydroxyl groups excluding tert-OH is 1. The van der Waals surface area contributed by atoms with E-state index in [2.05, 4.69) is 10.3 Å². The van der Waals surface area contributed by atoms with Gasteiger partial charge in [0.1, 0.15) is 11.5 Å². The number of anilines is 1. The fraction of sp³-hybridized carbons (Fsp3) is 0.375. The van der Waals surface area contributed by atoms with Gasteiger partial charge in [-0.2, -0.15) is 26.3 Å². The van der Waals surface area contributed by atoms with Crippen LogP contribution in [0.2, 0.25) is 0 Å². The van der Waals surface area contributed by atoms with E-state index in [9.17, 15) is 40.6 Å². The van der Waals surface area contributed by atoms with Crippen molar-refractivity contribution in [1.29, 1.82) is 0 Å². The molecule has 0 atom stereocenters. The van der Waals surface area contributed by atoms with Gasteiger partial charge in [0.25, 0.3) is 0 Å². The Hall–Kier alpha value is -3.68. The van der Waals surface area contributed by atoms with E-state index in [-0.39, 0.29) is 30.6 Å². The van der Waals surface area contributed by atoms with Crippen molar-refractivity contribution >= 4 is 11.8 Å². The van der Waals surface area contributed by atoms with E-state index in [4.69, 9.17) is 4.74 Å². The first-order chi connectivity index (χ1) is 17.7. The molecule has 1 aliphatic rings. The number of benzene rings is 2. The third kappa shape index (κ3) is 6.23. The Morgan fingerprint density at radius 2 is 1.66 bits per heavy atom. The predicted octanol–water partition coefficient (Wildman–Crippen LogP) is 6.48. The van der Waals surface area contributed by atoms with Gasteiger partial charge in [-0.05, 0) is 49.2 Å². The van der Waals surface area contributed by atoms with Crippen LogP contribution in [0.4, 0.5) is 41.2 Å². The Balaban J connectivity index is 0.00000195. The lowest BCUT2D eigenvalue weighted by molar-refractivity contribution is -0.143. The summed E-state index contributed by atoms with van der Waals surface area (Å²) in [7, 11) is 1.13. The lowest BCUT2D eigenvalue weighted by Crippen LogP contribution is -2.31. The summed E-state index contributed by atoms with van der Waals surface area (Å²) < 4.78 is 102. The largest absolute Gasteiger partial charge is 0.420 e. The number of carbonyl (C=O) groups is 1. The summed E-state index contributed by atoms with van der Waals surface area (Å²) in [5.41, 5.74) is -4.59. The molecule has 38 heavy (non-hydrogen) atoms. The van der Waals surface area contributed by atoms with Crippen molar-refractivity contribution in [1.82, 2.24) is 15.0 Å². The number of halogens is 7. The highest BCUT2D eigenvalue weighted by molar-refractivity contribution is 5.90. The minimum Gasteiger partial charge on any atom is -0.409 e. The highest BCUT2D eigenvalue weighted by atomic mass is 19.4. The second-order valence-electron chi connectivity index (χ2n) is 8.16. The number of aliphatic hydroxyl groups is 1. The monoisotopic (exact) mass is 548 g/mol. The molecule has 3 aromatic rings. The summed E-state index contributed by atoms with van der Waals surface area (Å²) in [5, 5.41) is 16.9. The first kappa shape index (κ1) is 28.9. The Morgan fingerprint density at radius 1 is 1.05 bits per heavy atom. The van der Waals surface area contributed by atoms with Gasteiger partial charge in [0, 0.05) is 18.3 Å². The van der Waals surface area contributed by atoms with E-state index in [1.807, 2.05) is 13.8 Å². The SMILES string of the molecule is CC.CN(C(=O)Oc1c(-c2cn(C3CC(O)C3)nn2)cc(C(F)(F)F)cc1C(F)(F)F)c1ccc(F)cc1. The van der Waals surface area contributed by atoms with Crippen molar-refractivity contribution in [3.05, 3.63) is 59.5 Å². The summed E-state index contributed by atoms with van der Waals surface area (Å²) in [4.78, 5) is 13.5. The van der Waals surface area contributed by atoms with Crippen LogP contribution in [-0.2, 0) is 12.4 Å². The molecule has 14 heteroatoms. The molecule has 0 saturated heterocycles. The molecule has 0 aliphatic heterocycles. The second-order valence-corrected chi connectivity index (χ2v) is 8.16. The summed E-state index contributed by atoms with van der Waals surface area (Å²) in [6.07, 6.45) is -10.8. The number of ether oxygens (including phenoxy) is 1. The number of hydrogen-bond donors (Lipinski definition) is 1. The van der Waals surface area contributed by atoms with Gasteiger partial charge in [0.2, 0.25) is 0 Å². The molecule has 7 nitrogen and oxygen atoms in total. The normalized spacial score (nSPS) is 17.2. The Kier molecular flexibility index (Phi) is 8.34. The molecule has 1 N–H and O–H groups in total. The smallest absolute Gasteiger partial charge is 0.409 e. The molecule has 1 saturated carbocycles. The van der Waals surface area contributed by atoms with Gasteiger partial charge in [-0.25, -0.2) is 13.9 Å². The molecule has 206 valence electrons. The topological polar surface area (TPSA) is 80.5 Å². The number of carbonyl (C=O) groups excluding carboxylic acids is 1. The van der Waals surface area contributed by atoms with Crippen LogP contribution in [0.25, 0.3) is 11.3 Å². The molecular formula is C24H23F7N4O3. The molecule has 0 radical (unpaired) electrons. The maximum atomic E-state index is 13.9. The number of alkyl halides is 6. The van der Waals surface area contributed by atoms with Gasteiger partial charge in [-0.1, -0.05) is 19.1 Å². The maximum absolute atomic E-state index is 13.9. The van der Waals surface area contributed by atoms with Crippen molar-refractivity contribution in [2.24, 2.45) is 0 Å². The first-order valence-electron chi connectivity index (χ1n) is 11.4. The molecular weight excluding hydrogens is 525 g/mol. The Labute approximate surface area is 212 Å². The van der Waals surface area contributed by atoms with E-state index >= 15 is 0 Å². The zero-order chi connectivity index (χ0) is 28.4. The molecule has 2 aromatic carbocycles. The van der Waals surface area contributed by atoms with Crippen LogP contribution < -0.4 is 9.64 Å². The van der Waals surface area contributed by atoms with Gasteiger partial charge in [-0.3, -0.25) is 4.90 Å². The summed E-state index contributed by atoms with van der Waals surface area (Å²) >= 11 is 0. The fourth-order valence-corrected chi connectivity index (χ4v) is 3.58. The number of aromatic nitrogens is 3. The molecule has 0 bridgehead atoms. The Morgan fingerprint density at radius 3 is 2.18 bits per heavy atom. The predicted molar refractivity (Wildman–Crippen MR) is 122 cm³/mol. The van der Waals surface area contributed by atoms with Crippen molar-refractivity contribution in [3.63, 3.8) is 0 Å². The molecule has 0 unspecified atom stereocenters. The number of nitrogens with zero attached hydrogens (tertiary/aromatic N) is 4. The number of amides is 1. The third-order valence-electron chi connectivity index (χ3n) is 5.65. The van der Waals surface area contributed by atoms with Gasteiger partial charge >= 0.3 is 18.4 Å². The molecule has 1 aliphatic carbocycles. The lowest BCUT2D eigenvalue weighted by Gasteiger charge is -2.30. The van der Waals surface area contributed by atoms with Crippen LogP contribution in [0.5, 0.6) is 5.75 Å². The highest BCUT2D eigenvalue weighted by Gasteiger charge is 2.42. The molecule has 1 heterocycles. The third-order valence-corrected chi connectivity index (χ3v) is 5.65. The molecule has 1 fully saturated rings. The van der Waals surface area contributed by atoms with Crippen LogP contribution in [0.3, 0.4) is 0 Å². The van der Waals surface area contributed by atoms with Gasteiger partial charge in [0.15, 0.2) is 5.75 Å². The lowest BCUT2D eigenvalue weighted by atomic mass is 9.90. The average Bonchev–Trinajstić information content (AvgIpc) is 3.31. The fourth-order valence-electron chi connectivity index (χ4n) is 3.58. The van der Waals surface area contributed by atoms with Crippen molar-refractivity contribution < 1.29 is 45.4 Å². The van der Waals surface area contributed by atoms with Crippen LogP contribution in [-0.4, -0.2) is 39.3 Å². The van der Waals surface area contributed by atoms with Crippen molar-refractivity contribution in [2.75, 3.05) is 11.9 Å². The first-order valence-corrected chi connectivity index (χ1v) is 11.4. The standard InChI is InChI=1S/C22H17F7N4O3.C2H6/c1-32(13-4-2-12(23)3-5-13)20(35)36-19-16(18-10-33(31-30-18)14-8-15(34)9-14)6-11(21(24,25)26)7-17(19)22(27,28)29;1-2/h2-7,10,14-15,34H,8-9H2,1H3;1-2H3. The van der Waals surface area contributed by atoms with E-state index < -0.39 is 58.5 Å². The molecule has 0 spiro atoms. The quantitative estimate of drug-likeness (QED) is 0.378. The second kappa shape index (κ2) is 11.0. The average molecular weight is 548 g/mol. The van der Waals surface area contributed by atoms with E-state index in [0.29, 0.717) is 6.07 Å². The number of rotatable bonds is 4. The zero-order valence-corrected chi connectivity index (χ0v) is 20.3. The van der Waals surface area contributed by atoms with Crippen molar-refractivity contribution in [3.8, 4) is 17.0 Å². The summed E-state index contributed by atoms with van der Waals surface area (Å²) in [6.45, 7) is 4.00. The Bertz CT molecular complexity index is 1270. The minimum absolute atomic E-state index is 0.0536. The van der Waals surface area contributed by atoms with Crippen LogP contribution in [0, 0.1) is 5.82 Å². The van der Waals surface area contributed by atoms with Crippen LogP contribution >= 0.6 is 0 Å². The van der Waals surface area contributed by atoms with E-state index in [0.717, 1.165) is 42.4 Å². The maximum Gasteiger partial charge on any atom is 0.420 e. The zero-order valence-electron chi connectivity index (χ0n) is 20.3. The molecule has 1 amide bonds. The van der Waals surface area contributed by atoms with Gasteiger partial charge < -0.3 is 9.84 Å². The van der Waals surface area contributed by atoms with Crippen LogP contribution in [0.1, 0.15) is 43.9 Å². The molecule has 1 aromatic heterocycles. The van der Waals surface area contributed by atoms with Gasteiger partial charge in [0.05, 0.1) is 29.5 Å². The molecule has 4 rings (SSSR count). The van der Waals surface area contributed by atoms with E-state index in [1.54, 1.807) is 0 Å². The number of hydrogen-bond acceptors (Lipinski definition) is 5. The van der Waals surface area contributed by atoms with Crippen molar-refractivity contribution in [2.45, 2.75) is 51.2 Å². The summed E-state index contributed by atoms with van der Waals surface area (Å²) in [6, 6.07) is 4.21.